The van der Waals surface area contributed by atoms with E-state index in [1.165, 1.54) is 5.57 Å². The molecule has 4 heteroatoms. The van der Waals surface area contributed by atoms with Crippen LogP contribution in [0.3, 0.4) is 0 Å². The summed E-state index contributed by atoms with van der Waals surface area (Å²) in [5.74, 6) is 0. The Balaban J connectivity index is 2.87. The molecule has 1 aromatic rings. The summed E-state index contributed by atoms with van der Waals surface area (Å²) >= 11 is 12.0. The molecule has 2 N–H and O–H groups in total. The van der Waals surface area contributed by atoms with E-state index < -0.39 is 0 Å². The van der Waals surface area contributed by atoms with Crippen LogP contribution in [-0.2, 0) is 4.74 Å². The average Bonchev–Trinajstić information content (AvgIpc) is 2.29. The first-order chi connectivity index (χ1) is 8.17. The standard InChI is InChI=1S/C13H17Cl2NO/c1-17-9-10(3-2-6-16)7-11-4-5-12(14)8-13(11)15/h4-5,7-8H,2-3,6,9,16H2,1H3/b10-7+. The number of methoxy groups -OCH3 is 1. The third-order valence-electron chi connectivity index (χ3n) is 2.35. The first-order valence-corrected chi connectivity index (χ1v) is 6.26. The van der Waals surface area contributed by atoms with E-state index in [1.54, 1.807) is 13.2 Å². The minimum atomic E-state index is 0.596. The molecule has 0 amide bonds. The predicted molar refractivity (Wildman–Crippen MR) is 74.6 cm³/mol. The van der Waals surface area contributed by atoms with E-state index in [0.717, 1.165) is 18.4 Å². The molecule has 0 heterocycles. The monoisotopic (exact) mass is 273 g/mol. The normalized spacial score (nSPS) is 11.9. The molecular weight excluding hydrogens is 257 g/mol. The van der Waals surface area contributed by atoms with Crippen LogP contribution in [-0.4, -0.2) is 20.3 Å². The molecule has 0 saturated heterocycles. The highest BCUT2D eigenvalue weighted by Gasteiger charge is 2.02. The van der Waals surface area contributed by atoms with E-state index in [2.05, 4.69) is 0 Å². The number of benzene rings is 1. The minimum absolute atomic E-state index is 0.596. The van der Waals surface area contributed by atoms with Crippen molar-refractivity contribution < 1.29 is 4.74 Å². The molecule has 0 aliphatic rings. The maximum absolute atomic E-state index is 6.11. The van der Waals surface area contributed by atoms with Gasteiger partial charge >= 0.3 is 0 Å². The van der Waals surface area contributed by atoms with E-state index in [0.29, 0.717) is 23.2 Å². The quantitative estimate of drug-likeness (QED) is 0.857. The summed E-state index contributed by atoms with van der Waals surface area (Å²) in [4.78, 5) is 0. The summed E-state index contributed by atoms with van der Waals surface area (Å²) < 4.78 is 5.16. The number of rotatable bonds is 6. The molecule has 0 aromatic heterocycles. The highest BCUT2D eigenvalue weighted by molar-refractivity contribution is 6.35. The Morgan fingerprint density at radius 2 is 2.18 bits per heavy atom. The highest BCUT2D eigenvalue weighted by atomic mass is 35.5. The van der Waals surface area contributed by atoms with Crippen molar-refractivity contribution in [1.82, 2.24) is 0 Å². The molecular formula is C13H17Cl2NO. The number of nitrogens with two attached hydrogens (primary N) is 1. The number of halogens is 2. The molecule has 1 rings (SSSR count). The number of ether oxygens (including phenoxy) is 1. The van der Waals surface area contributed by atoms with Crippen LogP contribution in [0.25, 0.3) is 6.08 Å². The summed E-state index contributed by atoms with van der Waals surface area (Å²) in [5, 5.41) is 1.29. The van der Waals surface area contributed by atoms with Gasteiger partial charge in [-0.1, -0.05) is 35.3 Å². The summed E-state index contributed by atoms with van der Waals surface area (Å²) in [6.07, 6.45) is 3.90. The predicted octanol–water partition coefficient (Wildman–Crippen LogP) is 3.76. The molecule has 1 aromatic carbocycles. The molecule has 0 fully saturated rings. The van der Waals surface area contributed by atoms with E-state index in [1.807, 2.05) is 18.2 Å². The van der Waals surface area contributed by atoms with E-state index in [4.69, 9.17) is 33.7 Å². The first kappa shape index (κ1) is 14.5. The van der Waals surface area contributed by atoms with Crippen molar-refractivity contribution in [2.45, 2.75) is 12.8 Å². The molecule has 94 valence electrons. The first-order valence-electron chi connectivity index (χ1n) is 5.51. The zero-order chi connectivity index (χ0) is 12.7. The second-order valence-electron chi connectivity index (χ2n) is 3.79. The van der Waals surface area contributed by atoms with E-state index in [9.17, 15) is 0 Å². The van der Waals surface area contributed by atoms with Crippen LogP contribution in [0.15, 0.2) is 23.8 Å². The molecule has 0 spiro atoms. The fourth-order valence-corrected chi connectivity index (χ4v) is 2.00. The molecule has 0 aliphatic carbocycles. The van der Waals surface area contributed by atoms with Crippen molar-refractivity contribution in [2.24, 2.45) is 5.73 Å². The topological polar surface area (TPSA) is 35.2 Å². The van der Waals surface area contributed by atoms with Crippen LogP contribution in [0.1, 0.15) is 18.4 Å². The average molecular weight is 274 g/mol. The molecule has 0 bridgehead atoms. The second-order valence-corrected chi connectivity index (χ2v) is 4.64. The van der Waals surface area contributed by atoms with Crippen LogP contribution >= 0.6 is 23.2 Å². The Labute approximate surface area is 112 Å². The Morgan fingerprint density at radius 3 is 2.76 bits per heavy atom. The Morgan fingerprint density at radius 1 is 1.41 bits per heavy atom. The molecule has 17 heavy (non-hydrogen) atoms. The molecule has 0 atom stereocenters. The molecule has 0 saturated carbocycles. The lowest BCUT2D eigenvalue weighted by atomic mass is 10.1. The van der Waals surface area contributed by atoms with Crippen LogP contribution < -0.4 is 5.73 Å². The van der Waals surface area contributed by atoms with Gasteiger partial charge in [-0.2, -0.15) is 0 Å². The van der Waals surface area contributed by atoms with E-state index in [-0.39, 0.29) is 0 Å². The number of hydrogen-bond donors (Lipinski definition) is 1. The van der Waals surface area contributed by atoms with Gasteiger partial charge in [0, 0.05) is 17.2 Å². The van der Waals surface area contributed by atoms with Gasteiger partial charge in [0.05, 0.1) is 6.61 Å². The van der Waals surface area contributed by atoms with Crippen molar-refractivity contribution >= 4 is 29.3 Å². The minimum Gasteiger partial charge on any atom is -0.380 e. The van der Waals surface area contributed by atoms with Crippen LogP contribution in [0.5, 0.6) is 0 Å². The maximum Gasteiger partial charge on any atom is 0.0676 e. The Kier molecular flexibility index (Phi) is 6.60. The van der Waals surface area contributed by atoms with Gasteiger partial charge in [0.1, 0.15) is 0 Å². The summed E-state index contributed by atoms with van der Waals surface area (Å²) in [6, 6.07) is 5.47. The van der Waals surface area contributed by atoms with Crippen molar-refractivity contribution in [3.05, 3.63) is 39.4 Å². The van der Waals surface area contributed by atoms with Crippen LogP contribution in [0, 0.1) is 0 Å². The number of hydrogen-bond acceptors (Lipinski definition) is 2. The summed E-state index contributed by atoms with van der Waals surface area (Å²) in [7, 11) is 1.68. The molecule has 2 nitrogen and oxygen atoms in total. The third-order valence-corrected chi connectivity index (χ3v) is 2.92. The Hall–Kier alpha value is -0.540. The molecule has 0 unspecified atom stereocenters. The van der Waals surface area contributed by atoms with Crippen molar-refractivity contribution in [2.75, 3.05) is 20.3 Å². The molecule has 0 radical (unpaired) electrons. The zero-order valence-electron chi connectivity index (χ0n) is 9.88. The maximum atomic E-state index is 6.11. The Bertz CT molecular complexity index is 391. The fraction of sp³-hybridized carbons (Fsp3) is 0.385. The van der Waals surface area contributed by atoms with Gasteiger partial charge in [0.15, 0.2) is 0 Å². The van der Waals surface area contributed by atoms with Gasteiger partial charge in [-0.15, -0.1) is 0 Å². The van der Waals surface area contributed by atoms with E-state index >= 15 is 0 Å². The van der Waals surface area contributed by atoms with Crippen molar-refractivity contribution in [3.63, 3.8) is 0 Å². The van der Waals surface area contributed by atoms with Gasteiger partial charge < -0.3 is 10.5 Å². The SMILES string of the molecule is COC/C(=C/c1ccc(Cl)cc1Cl)CCCN. The summed E-state index contributed by atoms with van der Waals surface area (Å²) in [6.45, 7) is 1.27. The van der Waals surface area contributed by atoms with Crippen molar-refractivity contribution in [1.29, 1.82) is 0 Å². The lowest BCUT2D eigenvalue weighted by molar-refractivity contribution is 0.223. The highest BCUT2D eigenvalue weighted by Crippen LogP contribution is 2.24. The second kappa shape index (κ2) is 7.72. The van der Waals surface area contributed by atoms with Gasteiger partial charge in [-0.05, 0) is 42.7 Å². The zero-order valence-corrected chi connectivity index (χ0v) is 11.4. The smallest absolute Gasteiger partial charge is 0.0676 e. The largest absolute Gasteiger partial charge is 0.380 e. The van der Waals surface area contributed by atoms with Crippen LogP contribution in [0.2, 0.25) is 10.0 Å². The lowest BCUT2D eigenvalue weighted by Crippen LogP contribution is -2.02. The van der Waals surface area contributed by atoms with Crippen LogP contribution in [0.4, 0.5) is 0 Å². The van der Waals surface area contributed by atoms with Crippen molar-refractivity contribution in [3.8, 4) is 0 Å². The van der Waals surface area contributed by atoms with Gasteiger partial charge in [-0.3, -0.25) is 0 Å². The fourth-order valence-electron chi connectivity index (χ4n) is 1.54. The lowest BCUT2D eigenvalue weighted by Gasteiger charge is -2.07. The van der Waals surface area contributed by atoms with Gasteiger partial charge in [0.25, 0.3) is 0 Å². The summed E-state index contributed by atoms with van der Waals surface area (Å²) in [5.41, 5.74) is 7.65. The van der Waals surface area contributed by atoms with Gasteiger partial charge in [0.2, 0.25) is 0 Å². The third kappa shape index (κ3) is 5.09. The molecule has 0 aliphatic heterocycles. The van der Waals surface area contributed by atoms with Gasteiger partial charge in [-0.25, -0.2) is 0 Å².